The Morgan fingerprint density at radius 1 is 1.24 bits per heavy atom. The van der Waals surface area contributed by atoms with E-state index >= 15 is 0 Å². The summed E-state index contributed by atoms with van der Waals surface area (Å²) >= 11 is 0. The molecule has 100 valence electrons. The summed E-state index contributed by atoms with van der Waals surface area (Å²) in [5.41, 5.74) is -0.528. The molecule has 1 aliphatic rings. The van der Waals surface area contributed by atoms with E-state index in [1.807, 2.05) is 0 Å². The highest BCUT2D eigenvalue weighted by Crippen LogP contribution is 2.37. The van der Waals surface area contributed by atoms with E-state index in [1.165, 1.54) is 0 Å². The molecule has 17 heavy (non-hydrogen) atoms. The zero-order valence-electron chi connectivity index (χ0n) is 10.8. The van der Waals surface area contributed by atoms with Gasteiger partial charge in [0.15, 0.2) is 0 Å². The molecule has 1 fully saturated rings. The maximum absolute atomic E-state index is 12.6. The third-order valence-corrected chi connectivity index (χ3v) is 3.24. The summed E-state index contributed by atoms with van der Waals surface area (Å²) in [6, 6.07) is -0.331. The van der Waals surface area contributed by atoms with Crippen molar-refractivity contribution in [3.8, 4) is 0 Å². The molecule has 1 rings (SSSR count). The number of nitrogens with zero attached hydrogens (tertiary/aromatic N) is 1. The molecule has 0 N–H and O–H groups in total. The fourth-order valence-corrected chi connectivity index (χ4v) is 2.20. The monoisotopic (exact) mass is 251 g/mol. The number of rotatable bonds is 0. The van der Waals surface area contributed by atoms with E-state index in [0.717, 1.165) is 0 Å². The number of piperidine rings is 1. The molecule has 0 bridgehead atoms. The van der Waals surface area contributed by atoms with Gasteiger partial charge in [-0.1, -0.05) is 20.8 Å². The predicted molar refractivity (Wildman–Crippen MR) is 59.4 cm³/mol. The standard InChI is InChI=1S/C12H20F3NO/c1-8-7-9(12(13,14)15)5-6-16(8)10(17)11(2,3)4/h8-9H,5-7H2,1-4H3/t8?,9-/m1/s1. The molecule has 1 aliphatic heterocycles. The first-order valence-corrected chi connectivity index (χ1v) is 5.91. The van der Waals surface area contributed by atoms with Crippen molar-refractivity contribution < 1.29 is 18.0 Å². The lowest BCUT2D eigenvalue weighted by molar-refractivity contribution is -0.192. The maximum Gasteiger partial charge on any atom is 0.391 e. The second kappa shape index (κ2) is 4.50. The van der Waals surface area contributed by atoms with Crippen LogP contribution in [0.1, 0.15) is 40.5 Å². The highest BCUT2D eigenvalue weighted by Gasteiger charge is 2.45. The van der Waals surface area contributed by atoms with Crippen molar-refractivity contribution in [3.05, 3.63) is 0 Å². The Balaban J connectivity index is 2.70. The Morgan fingerprint density at radius 3 is 2.12 bits per heavy atom. The second-order valence-corrected chi connectivity index (χ2v) is 5.86. The summed E-state index contributed by atoms with van der Waals surface area (Å²) in [6.07, 6.45) is -4.09. The summed E-state index contributed by atoms with van der Waals surface area (Å²) in [5, 5.41) is 0. The van der Waals surface area contributed by atoms with Crippen LogP contribution in [0.15, 0.2) is 0 Å². The first-order chi connectivity index (χ1) is 7.53. The molecular formula is C12H20F3NO. The Hall–Kier alpha value is -0.740. The van der Waals surface area contributed by atoms with Crippen molar-refractivity contribution in [2.75, 3.05) is 6.54 Å². The van der Waals surface area contributed by atoms with Gasteiger partial charge in [0, 0.05) is 18.0 Å². The molecule has 1 heterocycles. The van der Waals surface area contributed by atoms with Crippen molar-refractivity contribution in [1.82, 2.24) is 4.90 Å². The van der Waals surface area contributed by atoms with Crippen LogP contribution in [0.25, 0.3) is 0 Å². The van der Waals surface area contributed by atoms with E-state index in [9.17, 15) is 18.0 Å². The van der Waals surface area contributed by atoms with Gasteiger partial charge in [-0.05, 0) is 19.8 Å². The van der Waals surface area contributed by atoms with Crippen LogP contribution in [0.2, 0.25) is 0 Å². The maximum atomic E-state index is 12.6. The van der Waals surface area contributed by atoms with Crippen LogP contribution in [0, 0.1) is 11.3 Å². The molecule has 5 heteroatoms. The van der Waals surface area contributed by atoms with Gasteiger partial charge >= 0.3 is 6.18 Å². The number of halogens is 3. The van der Waals surface area contributed by atoms with Crippen LogP contribution >= 0.6 is 0 Å². The van der Waals surface area contributed by atoms with Crippen LogP contribution in [-0.2, 0) is 4.79 Å². The summed E-state index contributed by atoms with van der Waals surface area (Å²) < 4.78 is 37.7. The quantitative estimate of drug-likeness (QED) is 0.647. The SMILES string of the molecule is CC1C[C@H](C(F)(F)F)CCN1C(=O)C(C)(C)C. The molecular weight excluding hydrogens is 231 g/mol. The van der Waals surface area contributed by atoms with Crippen LogP contribution in [0.4, 0.5) is 13.2 Å². The zero-order valence-corrected chi connectivity index (χ0v) is 10.8. The predicted octanol–water partition coefficient (Wildman–Crippen LogP) is 3.22. The molecule has 0 radical (unpaired) electrons. The second-order valence-electron chi connectivity index (χ2n) is 5.86. The van der Waals surface area contributed by atoms with Crippen LogP contribution < -0.4 is 0 Å². The topological polar surface area (TPSA) is 20.3 Å². The summed E-state index contributed by atoms with van der Waals surface area (Å²) in [7, 11) is 0. The number of carbonyl (C=O) groups is 1. The van der Waals surface area contributed by atoms with Crippen molar-refractivity contribution >= 4 is 5.91 Å². The van der Waals surface area contributed by atoms with Gasteiger partial charge in [0.25, 0.3) is 0 Å². The summed E-state index contributed by atoms with van der Waals surface area (Å²) in [6.45, 7) is 7.27. The molecule has 0 saturated carbocycles. The van der Waals surface area contributed by atoms with Gasteiger partial charge in [-0.15, -0.1) is 0 Å². The van der Waals surface area contributed by atoms with Gasteiger partial charge in [-0.3, -0.25) is 4.79 Å². The third kappa shape index (κ3) is 3.36. The minimum atomic E-state index is -4.13. The first kappa shape index (κ1) is 14.3. The normalized spacial score (nSPS) is 27.1. The number of carbonyl (C=O) groups excluding carboxylic acids is 1. The zero-order chi connectivity index (χ0) is 13.4. The van der Waals surface area contributed by atoms with Crippen molar-refractivity contribution in [2.45, 2.75) is 52.8 Å². The van der Waals surface area contributed by atoms with E-state index in [0.29, 0.717) is 0 Å². The average molecular weight is 251 g/mol. The fourth-order valence-electron chi connectivity index (χ4n) is 2.20. The lowest BCUT2D eigenvalue weighted by Gasteiger charge is -2.41. The van der Waals surface area contributed by atoms with Gasteiger partial charge in [0.05, 0.1) is 5.92 Å². The molecule has 2 atom stereocenters. The van der Waals surface area contributed by atoms with Crippen molar-refractivity contribution in [2.24, 2.45) is 11.3 Å². The van der Waals surface area contributed by atoms with E-state index in [4.69, 9.17) is 0 Å². The van der Waals surface area contributed by atoms with Gasteiger partial charge < -0.3 is 4.90 Å². The molecule has 0 aliphatic carbocycles. The molecule has 0 aromatic rings. The molecule has 1 amide bonds. The number of likely N-dealkylation sites (tertiary alicyclic amines) is 1. The lowest BCUT2D eigenvalue weighted by Crippen LogP contribution is -2.50. The van der Waals surface area contributed by atoms with Crippen molar-refractivity contribution in [1.29, 1.82) is 0 Å². The van der Waals surface area contributed by atoms with Gasteiger partial charge in [0.2, 0.25) is 5.91 Å². The van der Waals surface area contributed by atoms with Crippen molar-refractivity contribution in [3.63, 3.8) is 0 Å². The highest BCUT2D eigenvalue weighted by molar-refractivity contribution is 5.81. The first-order valence-electron chi connectivity index (χ1n) is 5.91. The van der Waals surface area contributed by atoms with Gasteiger partial charge in [-0.25, -0.2) is 0 Å². The fraction of sp³-hybridized carbons (Fsp3) is 0.917. The van der Waals surface area contributed by atoms with Crippen LogP contribution in [0.5, 0.6) is 0 Å². The number of hydrogen-bond donors (Lipinski definition) is 0. The average Bonchev–Trinajstić information content (AvgIpc) is 2.13. The van der Waals surface area contributed by atoms with Crippen LogP contribution in [-0.4, -0.2) is 29.6 Å². The van der Waals surface area contributed by atoms with E-state index in [2.05, 4.69) is 0 Å². The number of hydrogen-bond acceptors (Lipinski definition) is 1. The van der Waals surface area contributed by atoms with E-state index in [1.54, 1.807) is 32.6 Å². The minimum absolute atomic E-state index is 0.0192. The van der Waals surface area contributed by atoms with Gasteiger partial charge in [0.1, 0.15) is 0 Å². The van der Waals surface area contributed by atoms with E-state index < -0.39 is 17.5 Å². The lowest BCUT2D eigenvalue weighted by atomic mass is 9.87. The molecule has 0 aromatic heterocycles. The Morgan fingerprint density at radius 2 is 1.76 bits per heavy atom. The number of alkyl halides is 3. The molecule has 2 nitrogen and oxygen atoms in total. The third-order valence-electron chi connectivity index (χ3n) is 3.24. The van der Waals surface area contributed by atoms with Crippen LogP contribution in [0.3, 0.4) is 0 Å². The molecule has 0 aromatic carbocycles. The summed E-state index contributed by atoms with van der Waals surface area (Å²) in [4.78, 5) is 13.6. The molecule has 1 unspecified atom stereocenters. The van der Waals surface area contributed by atoms with Gasteiger partial charge in [-0.2, -0.15) is 13.2 Å². The summed E-state index contributed by atoms with van der Waals surface area (Å²) in [5.74, 6) is -1.33. The highest BCUT2D eigenvalue weighted by atomic mass is 19.4. The minimum Gasteiger partial charge on any atom is -0.340 e. The smallest absolute Gasteiger partial charge is 0.340 e. The molecule has 1 saturated heterocycles. The van der Waals surface area contributed by atoms with E-state index in [-0.39, 0.29) is 31.3 Å². The largest absolute Gasteiger partial charge is 0.391 e. The Labute approximate surface area is 100 Å². The Kier molecular flexibility index (Phi) is 3.79. The molecule has 0 spiro atoms. The Bertz CT molecular complexity index is 293. The number of amides is 1.